The first kappa shape index (κ1) is 18.6. The highest BCUT2D eigenvalue weighted by molar-refractivity contribution is 6.30. The lowest BCUT2D eigenvalue weighted by Crippen LogP contribution is -2.33. The number of benzene rings is 1. The van der Waals surface area contributed by atoms with Crippen molar-refractivity contribution >= 4 is 23.3 Å². The summed E-state index contributed by atoms with van der Waals surface area (Å²) in [6, 6.07) is 9.91. The smallest absolute Gasteiger partial charge is 0.239 e. The number of likely N-dealkylation sites (tertiary alicyclic amines) is 1. The minimum atomic E-state index is -0.296. The van der Waals surface area contributed by atoms with Gasteiger partial charge in [0.25, 0.3) is 0 Å². The molecule has 1 fully saturated rings. The summed E-state index contributed by atoms with van der Waals surface area (Å²) in [6.07, 6.45) is 4.98. The number of halogens is 2. The van der Waals surface area contributed by atoms with Gasteiger partial charge in [0.15, 0.2) is 0 Å². The average Bonchev–Trinajstić information content (AvgIpc) is 3.33. The molecule has 1 amide bonds. The molecule has 1 atom stereocenters. The first-order valence-corrected chi connectivity index (χ1v) is 9.43. The van der Waals surface area contributed by atoms with Gasteiger partial charge in [-0.2, -0.15) is 0 Å². The predicted molar refractivity (Wildman–Crippen MR) is 105 cm³/mol. The molecule has 6 nitrogen and oxygen atoms in total. The normalized spacial score (nSPS) is 17.0. The van der Waals surface area contributed by atoms with Gasteiger partial charge < -0.3 is 10.3 Å². The van der Waals surface area contributed by atoms with Crippen LogP contribution in [0.5, 0.6) is 0 Å². The van der Waals surface area contributed by atoms with E-state index in [0.29, 0.717) is 22.1 Å². The third-order valence-electron chi connectivity index (χ3n) is 4.78. The van der Waals surface area contributed by atoms with Crippen LogP contribution in [0.2, 0.25) is 5.02 Å². The predicted octanol–water partition coefficient (Wildman–Crippen LogP) is 4.04. The molecule has 0 bridgehead atoms. The molecule has 4 rings (SSSR count). The molecular weight excluding hydrogens is 381 g/mol. The van der Waals surface area contributed by atoms with Crippen LogP contribution in [-0.4, -0.2) is 38.8 Å². The number of aromatic nitrogens is 3. The highest BCUT2D eigenvalue weighted by Crippen LogP contribution is 2.31. The standard InChI is InChI=1S/C20H19ClFN5O/c21-13-7-8-18(23-10-13)26-19(28)12-27-9-3-6-17(27)20-24-11-16(25-20)14-4-1-2-5-15(14)22/h1-2,4-5,7-8,10-11,17H,3,6,9,12H2,(H,24,25)(H,23,26,28)/t17-/m0/s1. The van der Waals surface area contributed by atoms with Gasteiger partial charge in [0.1, 0.15) is 17.5 Å². The molecule has 2 N–H and O–H groups in total. The van der Waals surface area contributed by atoms with Crippen LogP contribution in [0.4, 0.5) is 10.2 Å². The molecule has 3 heterocycles. The molecule has 0 radical (unpaired) electrons. The lowest BCUT2D eigenvalue weighted by Gasteiger charge is -2.22. The summed E-state index contributed by atoms with van der Waals surface area (Å²) in [6.45, 7) is 1.02. The largest absolute Gasteiger partial charge is 0.341 e. The molecule has 1 saturated heterocycles. The number of H-pyrrole nitrogens is 1. The number of imidazole rings is 1. The topological polar surface area (TPSA) is 73.9 Å². The summed E-state index contributed by atoms with van der Waals surface area (Å²) in [4.78, 5) is 26.2. The summed E-state index contributed by atoms with van der Waals surface area (Å²) >= 11 is 5.81. The fraction of sp³-hybridized carbons (Fsp3) is 0.250. The number of nitrogens with zero attached hydrogens (tertiary/aromatic N) is 3. The number of nitrogens with one attached hydrogen (secondary N) is 2. The van der Waals surface area contributed by atoms with Gasteiger partial charge in [-0.15, -0.1) is 0 Å². The Labute approximate surface area is 166 Å². The van der Waals surface area contributed by atoms with Crippen LogP contribution in [0, 0.1) is 5.82 Å². The van der Waals surface area contributed by atoms with Crippen LogP contribution in [0.15, 0.2) is 48.8 Å². The van der Waals surface area contributed by atoms with E-state index in [4.69, 9.17) is 11.6 Å². The second-order valence-corrected chi connectivity index (χ2v) is 7.14. The molecule has 0 spiro atoms. The number of rotatable bonds is 5. The highest BCUT2D eigenvalue weighted by atomic mass is 35.5. The molecule has 144 valence electrons. The van der Waals surface area contributed by atoms with Crippen LogP contribution in [0.1, 0.15) is 24.7 Å². The summed E-state index contributed by atoms with van der Waals surface area (Å²) in [7, 11) is 0. The Morgan fingerprint density at radius 2 is 2.11 bits per heavy atom. The van der Waals surface area contributed by atoms with E-state index in [2.05, 4.69) is 25.2 Å². The maximum absolute atomic E-state index is 14.0. The molecule has 2 aromatic heterocycles. The second kappa shape index (κ2) is 8.08. The average molecular weight is 400 g/mol. The number of amides is 1. The Hall–Kier alpha value is -2.77. The third kappa shape index (κ3) is 4.05. The van der Waals surface area contributed by atoms with Gasteiger partial charge in [0, 0.05) is 11.8 Å². The van der Waals surface area contributed by atoms with Gasteiger partial charge in [-0.05, 0) is 43.7 Å². The van der Waals surface area contributed by atoms with Gasteiger partial charge in [-0.1, -0.05) is 23.7 Å². The molecular formula is C20H19ClFN5O. The van der Waals surface area contributed by atoms with E-state index in [1.807, 2.05) is 0 Å². The Morgan fingerprint density at radius 1 is 1.25 bits per heavy atom. The van der Waals surface area contributed by atoms with Gasteiger partial charge in [-0.25, -0.2) is 14.4 Å². The van der Waals surface area contributed by atoms with Crippen molar-refractivity contribution in [3.05, 3.63) is 65.5 Å². The Balaban J connectivity index is 1.44. The molecule has 1 aliphatic heterocycles. The zero-order chi connectivity index (χ0) is 19.5. The number of hydrogen-bond acceptors (Lipinski definition) is 4. The summed E-state index contributed by atoms with van der Waals surface area (Å²) in [5, 5.41) is 3.29. The lowest BCUT2D eigenvalue weighted by molar-refractivity contribution is -0.117. The summed E-state index contributed by atoms with van der Waals surface area (Å²) in [5.41, 5.74) is 1.12. The monoisotopic (exact) mass is 399 g/mol. The summed E-state index contributed by atoms with van der Waals surface area (Å²) < 4.78 is 14.0. The van der Waals surface area contributed by atoms with Gasteiger partial charge in [0.05, 0.1) is 29.5 Å². The van der Waals surface area contributed by atoms with E-state index >= 15 is 0 Å². The Bertz CT molecular complexity index is 975. The quantitative estimate of drug-likeness (QED) is 0.679. The van der Waals surface area contributed by atoms with Gasteiger partial charge >= 0.3 is 0 Å². The number of aromatic amines is 1. The van der Waals surface area contributed by atoms with Crippen molar-refractivity contribution in [2.45, 2.75) is 18.9 Å². The van der Waals surface area contributed by atoms with Crippen molar-refractivity contribution in [1.29, 1.82) is 0 Å². The minimum Gasteiger partial charge on any atom is -0.341 e. The molecule has 0 unspecified atom stereocenters. The number of carbonyl (C=O) groups excluding carboxylic acids is 1. The van der Waals surface area contributed by atoms with E-state index in [-0.39, 0.29) is 24.3 Å². The summed E-state index contributed by atoms with van der Waals surface area (Å²) in [5.74, 6) is 0.761. The fourth-order valence-electron chi connectivity index (χ4n) is 3.46. The SMILES string of the molecule is O=C(CN1CCC[C@H]1c1ncc(-c2ccccc2F)[nH]1)Nc1ccc(Cl)cn1. The number of hydrogen-bond donors (Lipinski definition) is 2. The Kier molecular flexibility index (Phi) is 5.36. The highest BCUT2D eigenvalue weighted by Gasteiger charge is 2.30. The third-order valence-corrected chi connectivity index (χ3v) is 5.00. The number of anilines is 1. The van der Waals surface area contributed by atoms with Gasteiger partial charge in [-0.3, -0.25) is 9.69 Å². The van der Waals surface area contributed by atoms with Crippen LogP contribution >= 0.6 is 11.6 Å². The number of carbonyl (C=O) groups is 1. The molecule has 1 aliphatic rings. The van der Waals surface area contributed by atoms with Crippen LogP contribution in [0.25, 0.3) is 11.3 Å². The fourth-order valence-corrected chi connectivity index (χ4v) is 3.58. The van der Waals surface area contributed by atoms with Crippen molar-refractivity contribution in [3.8, 4) is 11.3 Å². The minimum absolute atomic E-state index is 0.00977. The van der Waals surface area contributed by atoms with E-state index < -0.39 is 0 Å². The van der Waals surface area contributed by atoms with Crippen LogP contribution in [0.3, 0.4) is 0 Å². The molecule has 0 saturated carbocycles. The zero-order valence-corrected chi connectivity index (χ0v) is 15.8. The van der Waals surface area contributed by atoms with Gasteiger partial charge in [0.2, 0.25) is 5.91 Å². The Morgan fingerprint density at radius 3 is 2.89 bits per heavy atom. The van der Waals surface area contributed by atoms with E-state index in [1.54, 1.807) is 36.5 Å². The molecule has 3 aromatic rings. The second-order valence-electron chi connectivity index (χ2n) is 6.70. The van der Waals surface area contributed by atoms with E-state index in [9.17, 15) is 9.18 Å². The van der Waals surface area contributed by atoms with Crippen molar-refractivity contribution in [2.75, 3.05) is 18.4 Å². The molecule has 8 heteroatoms. The van der Waals surface area contributed by atoms with E-state index in [0.717, 1.165) is 25.2 Å². The molecule has 0 aliphatic carbocycles. The van der Waals surface area contributed by atoms with E-state index in [1.165, 1.54) is 12.3 Å². The molecule has 1 aromatic carbocycles. The maximum atomic E-state index is 14.0. The lowest BCUT2D eigenvalue weighted by atomic mass is 10.1. The van der Waals surface area contributed by atoms with Crippen molar-refractivity contribution in [2.24, 2.45) is 0 Å². The van der Waals surface area contributed by atoms with Crippen LogP contribution < -0.4 is 5.32 Å². The maximum Gasteiger partial charge on any atom is 0.239 e. The number of pyridine rings is 1. The van der Waals surface area contributed by atoms with Crippen LogP contribution in [-0.2, 0) is 4.79 Å². The van der Waals surface area contributed by atoms with Crippen molar-refractivity contribution in [1.82, 2.24) is 19.9 Å². The molecule has 28 heavy (non-hydrogen) atoms. The first-order valence-electron chi connectivity index (χ1n) is 9.05. The van der Waals surface area contributed by atoms with Crippen molar-refractivity contribution < 1.29 is 9.18 Å². The zero-order valence-electron chi connectivity index (χ0n) is 15.0. The first-order chi connectivity index (χ1) is 13.6. The van der Waals surface area contributed by atoms with Crippen molar-refractivity contribution in [3.63, 3.8) is 0 Å².